The molecule has 1 saturated heterocycles. The summed E-state index contributed by atoms with van der Waals surface area (Å²) in [5, 5.41) is -0.0337. The van der Waals surface area contributed by atoms with E-state index in [0.717, 1.165) is 24.0 Å². The van der Waals surface area contributed by atoms with Gasteiger partial charge in [0.1, 0.15) is 0 Å². The van der Waals surface area contributed by atoms with E-state index in [9.17, 15) is 16.8 Å². The third-order valence-corrected chi connectivity index (χ3v) is 9.88. The third kappa shape index (κ3) is 6.49. The van der Waals surface area contributed by atoms with Gasteiger partial charge in [0.25, 0.3) is 0 Å². The lowest BCUT2D eigenvalue weighted by atomic mass is 10.1. The number of rotatable bonds is 11. The van der Waals surface area contributed by atoms with Crippen molar-refractivity contribution in [1.29, 1.82) is 0 Å². The highest BCUT2D eigenvalue weighted by Crippen LogP contribution is 2.25. The predicted molar refractivity (Wildman–Crippen MR) is 142 cm³/mol. The zero-order valence-electron chi connectivity index (χ0n) is 21.6. The summed E-state index contributed by atoms with van der Waals surface area (Å²) in [6, 6.07) is 15.7. The summed E-state index contributed by atoms with van der Waals surface area (Å²) in [6.07, 6.45) is 2.96. The molecule has 1 aliphatic heterocycles. The molecule has 0 amide bonds. The highest BCUT2D eigenvalue weighted by atomic mass is 32.2. The maximum Gasteiger partial charge on any atom is 0.243 e. The topological polar surface area (TPSA) is 98.6 Å². The molecule has 37 heavy (non-hydrogen) atoms. The van der Waals surface area contributed by atoms with Crippen molar-refractivity contribution in [3.63, 3.8) is 0 Å². The first-order valence-corrected chi connectivity index (χ1v) is 15.7. The van der Waals surface area contributed by atoms with Crippen LogP contribution in [-0.4, -0.2) is 49.9 Å². The molecular weight excluding hydrogens is 510 g/mol. The van der Waals surface area contributed by atoms with Crippen molar-refractivity contribution in [3.05, 3.63) is 77.6 Å². The predicted octanol–water partition coefficient (Wildman–Crippen LogP) is 4.19. The number of nitrogens with zero attached hydrogens (tertiary/aromatic N) is 3. The molecule has 3 aromatic rings. The van der Waals surface area contributed by atoms with Gasteiger partial charge in [0.2, 0.25) is 25.0 Å². The van der Waals surface area contributed by atoms with E-state index >= 15 is 0 Å². The van der Waals surface area contributed by atoms with Gasteiger partial charge in [-0.2, -0.15) is 4.31 Å². The standard InChI is InChI=1S/C27H35N3O5S2/c1-21(2)17-30-24(16-28-27(30)36(31,32)20-23-11-8-7-10-22(23)3)18-29(19-25-12-9-15-35-25)37(33,34)26-13-5-4-6-14-26/h4-8,10-11,13-14,16,21,25H,9,12,15,17-20H2,1-3H3. The molecule has 0 aliphatic carbocycles. The van der Waals surface area contributed by atoms with Gasteiger partial charge in [-0.3, -0.25) is 0 Å². The molecule has 2 heterocycles. The van der Waals surface area contributed by atoms with E-state index in [0.29, 0.717) is 18.8 Å². The van der Waals surface area contributed by atoms with Crippen LogP contribution in [0.3, 0.4) is 0 Å². The first-order chi connectivity index (χ1) is 17.6. The fourth-order valence-corrected chi connectivity index (χ4v) is 7.62. The molecule has 1 atom stereocenters. The van der Waals surface area contributed by atoms with E-state index in [1.165, 1.54) is 10.5 Å². The van der Waals surface area contributed by atoms with Crippen molar-refractivity contribution < 1.29 is 21.6 Å². The molecule has 10 heteroatoms. The van der Waals surface area contributed by atoms with Crippen molar-refractivity contribution in [2.45, 2.75) is 68.6 Å². The zero-order valence-corrected chi connectivity index (χ0v) is 23.2. The average molecular weight is 546 g/mol. The summed E-state index contributed by atoms with van der Waals surface area (Å²) in [7, 11) is -7.63. The van der Waals surface area contributed by atoms with Crippen LogP contribution in [-0.2, 0) is 43.4 Å². The molecule has 0 bridgehead atoms. The maximum atomic E-state index is 13.7. The second-order valence-corrected chi connectivity index (χ2v) is 13.8. The quantitative estimate of drug-likeness (QED) is 0.358. The summed E-state index contributed by atoms with van der Waals surface area (Å²) in [5.41, 5.74) is 2.15. The lowest BCUT2D eigenvalue weighted by Gasteiger charge is -2.26. The Kier molecular flexibility index (Phi) is 8.52. The number of benzene rings is 2. The van der Waals surface area contributed by atoms with Crippen molar-refractivity contribution in [2.24, 2.45) is 5.92 Å². The lowest BCUT2D eigenvalue weighted by Crippen LogP contribution is -2.37. The van der Waals surface area contributed by atoms with Crippen LogP contribution in [0, 0.1) is 12.8 Å². The van der Waals surface area contributed by atoms with Crippen LogP contribution >= 0.6 is 0 Å². The molecule has 8 nitrogen and oxygen atoms in total. The number of ether oxygens (including phenoxy) is 1. The second-order valence-electron chi connectivity index (χ2n) is 9.97. The number of hydrogen-bond acceptors (Lipinski definition) is 6. The molecule has 0 saturated carbocycles. The van der Waals surface area contributed by atoms with Crippen LogP contribution < -0.4 is 0 Å². The largest absolute Gasteiger partial charge is 0.377 e. The zero-order chi connectivity index (χ0) is 26.6. The van der Waals surface area contributed by atoms with E-state index in [1.54, 1.807) is 41.0 Å². The molecule has 2 aromatic carbocycles. The Bertz CT molecular complexity index is 1410. The van der Waals surface area contributed by atoms with Crippen molar-refractivity contribution in [1.82, 2.24) is 13.9 Å². The third-order valence-electron chi connectivity index (χ3n) is 6.48. The van der Waals surface area contributed by atoms with Crippen LogP contribution in [0.25, 0.3) is 0 Å². The van der Waals surface area contributed by atoms with Gasteiger partial charge in [-0.05, 0) is 48.9 Å². The molecule has 4 rings (SSSR count). The first kappa shape index (κ1) is 27.5. The summed E-state index contributed by atoms with van der Waals surface area (Å²) >= 11 is 0. The van der Waals surface area contributed by atoms with E-state index in [-0.39, 0.29) is 40.9 Å². The highest BCUT2D eigenvalue weighted by molar-refractivity contribution is 7.90. The molecule has 1 aliphatic rings. The van der Waals surface area contributed by atoms with E-state index in [2.05, 4.69) is 4.98 Å². The van der Waals surface area contributed by atoms with E-state index in [4.69, 9.17) is 4.74 Å². The smallest absolute Gasteiger partial charge is 0.243 e. The molecule has 1 unspecified atom stereocenters. The Labute approximate surface area is 220 Å². The monoisotopic (exact) mass is 545 g/mol. The minimum Gasteiger partial charge on any atom is -0.377 e. The summed E-state index contributed by atoms with van der Waals surface area (Å²) < 4.78 is 63.2. The van der Waals surface area contributed by atoms with Gasteiger partial charge in [0.05, 0.1) is 35.2 Å². The minimum atomic E-state index is -3.85. The maximum absolute atomic E-state index is 13.7. The van der Waals surface area contributed by atoms with Gasteiger partial charge in [-0.1, -0.05) is 56.3 Å². The Morgan fingerprint density at radius 1 is 1.05 bits per heavy atom. The van der Waals surface area contributed by atoms with Crippen LogP contribution in [0.5, 0.6) is 0 Å². The molecular formula is C27H35N3O5S2. The normalized spacial score (nSPS) is 16.6. The van der Waals surface area contributed by atoms with Gasteiger partial charge in [-0.25, -0.2) is 21.8 Å². The van der Waals surface area contributed by atoms with E-state index in [1.807, 2.05) is 39.0 Å². The summed E-state index contributed by atoms with van der Waals surface area (Å²) in [6.45, 7) is 7.06. The highest BCUT2D eigenvalue weighted by Gasteiger charge is 2.32. The summed E-state index contributed by atoms with van der Waals surface area (Å²) in [5.74, 6) is -0.0476. The fourth-order valence-electron chi connectivity index (χ4n) is 4.55. The van der Waals surface area contributed by atoms with Crippen LogP contribution in [0.2, 0.25) is 0 Å². The molecule has 1 aromatic heterocycles. The number of aryl methyl sites for hydroxylation is 1. The van der Waals surface area contributed by atoms with Gasteiger partial charge in [0, 0.05) is 19.7 Å². The van der Waals surface area contributed by atoms with Crippen molar-refractivity contribution in [3.8, 4) is 0 Å². The number of sulfone groups is 1. The van der Waals surface area contributed by atoms with Crippen LogP contribution in [0.4, 0.5) is 0 Å². The molecule has 0 radical (unpaired) electrons. The van der Waals surface area contributed by atoms with E-state index < -0.39 is 19.9 Å². The summed E-state index contributed by atoms with van der Waals surface area (Å²) in [4.78, 5) is 4.52. The molecule has 0 spiro atoms. The van der Waals surface area contributed by atoms with Crippen molar-refractivity contribution >= 4 is 19.9 Å². The van der Waals surface area contributed by atoms with Gasteiger partial charge in [-0.15, -0.1) is 0 Å². The Hall–Kier alpha value is -2.53. The Morgan fingerprint density at radius 2 is 1.76 bits per heavy atom. The SMILES string of the molecule is Cc1ccccc1CS(=O)(=O)c1ncc(CN(CC2CCCO2)S(=O)(=O)c2ccccc2)n1CC(C)C. The van der Waals surface area contributed by atoms with Crippen LogP contribution in [0.15, 0.2) is 70.8 Å². The molecule has 0 N–H and O–H groups in total. The van der Waals surface area contributed by atoms with Crippen molar-refractivity contribution in [2.75, 3.05) is 13.2 Å². The number of hydrogen-bond donors (Lipinski definition) is 0. The second kappa shape index (κ2) is 11.5. The number of imidazole rings is 1. The van der Waals surface area contributed by atoms with Gasteiger partial charge >= 0.3 is 0 Å². The minimum absolute atomic E-state index is 0.00328. The number of aromatic nitrogens is 2. The fraction of sp³-hybridized carbons (Fsp3) is 0.444. The molecule has 1 fully saturated rings. The van der Waals surface area contributed by atoms with Gasteiger partial charge < -0.3 is 9.30 Å². The Morgan fingerprint density at radius 3 is 2.41 bits per heavy atom. The number of sulfonamides is 1. The Balaban J connectivity index is 1.71. The molecule has 200 valence electrons. The lowest BCUT2D eigenvalue weighted by molar-refractivity contribution is 0.0921. The first-order valence-electron chi connectivity index (χ1n) is 12.6. The van der Waals surface area contributed by atoms with Crippen LogP contribution in [0.1, 0.15) is 43.5 Å². The average Bonchev–Trinajstić information content (AvgIpc) is 3.51. The van der Waals surface area contributed by atoms with Gasteiger partial charge in [0.15, 0.2) is 0 Å².